The highest BCUT2D eigenvalue weighted by Crippen LogP contribution is 2.42. The molecule has 3 N–H and O–H groups in total. The first-order valence-corrected chi connectivity index (χ1v) is 9.14. The predicted molar refractivity (Wildman–Crippen MR) is 112 cm³/mol. The Morgan fingerprint density at radius 2 is 1.41 bits per heavy atom. The van der Waals surface area contributed by atoms with E-state index in [0.29, 0.717) is 16.5 Å². The van der Waals surface area contributed by atoms with E-state index in [2.05, 4.69) is 0 Å². The maximum Gasteiger partial charge on any atom is 0.405 e. The predicted octanol–water partition coefficient (Wildman–Crippen LogP) is 5.05. The third-order valence-corrected chi connectivity index (χ3v) is 5.24. The summed E-state index contributed by atoms with van der Waals surface area (Å²) in [5.74, 6) is -1.11. The van der Waals surface area contributed by atoms with Gasteiger partial charge in [0.1, 0.15) is 0 Å². The smallest absolute Gasteiger partial charge is 0.405 e. The standard InChI is InChI=1S/C24H19NO4/c1-24(29-23(25)28,20-12-6-9-15-7-2-4-10-17(15)20)21-18-11-5-3-8-16(18)13-14-19(21)22(26)27/h2-14H,1H3,(H2,25,28)(H,26,27). The molecule has 0 aliphatic carbocycles. The van der Waals surface area contributed by atoms with Crippen molar-refractivity contribution in [3.8, 4) is 0 Å². The van der Waals surface area contributed by atoms with Gasteiger partial charge in [0.15, 0.2) is 5.60 Å². The van der Waals surface area contributed by atoms with Gasteiger partial charge in [-0.15, -0.1) is 0 Å². The van der Waals surface area contributed by atoms with Gasteiger partial charge in [-0.05, 0) is 34.5 Å². The zero-order chi connectivity index (χ0) is 20.6. The van der Waals surface area contributed by atoms with Gasteiger partial charge in [0.25, 0.3) is 0 Å². The molecule has 1 unspecified atom stereocenters. The Morgan fingerprint density at radius 3 is 2.07 bits per heavy atom. The normalized spacial score (nSPS) is 13.1. The summed E-state index contributed by atoms with van der Waals surface area (Å²) in [5, 5.41) is 13.2. The number of rotatable bonds is 4. The summed E-state index contributed by atoms with van der Waals surface area (Å²) in [5.41, 5.74) is 5.15. The number of amides is 1. The molecule has 29 heavy (non-hydrogen) atoms. The summed E-state index contributed by atoms with van der Waals surface area (Å²) in [7, 11) is 0. The topological polar surface area (TPSA) is 89.6 Å². The van der Waals surface area contributed by atoms with Crippen LogP contribution in [0.3, 0.4) is 0 Å². The van der Waals surface area contributed by atoms with Crippen molar-refractivity contribution in [3.63, 3.8) is 0 Å². The molecule has 5 heteroatoms. The van der Waals surface area contributed by atoms with Crippen LogP contribution >= 0.6 is 0 Å². The SMILES string of the molecule is CC(OC(N)=O)(c1cccc2ccccc12)c1c(C(=O)O)ccc2ccccc12. The lowest BCUT2D eigenvalue weighted by Gasteiger charge is -2.33. The number of aromatic carboxylic acids is 1. The first-order chi connectivity index (χ1) is 13.9. The van der Waals surface area contributed by atoms with Gasteiger partial charge in [-0.2, -0.15) is 0 Å². The fourth-order valence-electron chi connectivity index (χ4n) is 4.05. The highest BCUT2D eigenvalue weighted by atomic mass is 16.6. The minimum Gasteiger partial charge on any atom is -0.478 e. The van der Waals surface area contributed by atoms with Crippen LogP contribution in [-0.4, -0.2) is 17.2 Å². The summed E-state index contributed by atoms with van der Waals surface area (Å²) in [6.45, 7) is 1.69. The molecule has 0 aliphatic heterocycles. The van der Waals surface area contributed by atoms with Crippen LogP contribution in [0.15, 0.2) is 78.9 Å². The Bertz CT molecular complexity index is 1260. The van der Waals surface area contributed by atoms with E-state index in [1.807, 2.05) is 66.7 Å². The van der Waals surface area contributed by atoms with Crippen LogP contribution in [-0.2, 0) is 10.3 Å². The summed E-state index contributed by atoms with van der Waals surface area (Å²) in [6.07, 6.45) is -0.982. The van der Waals surface area contributed by atoms with Crippen LogP contribution in [0.2, 0.25) is 0 Å². The lowest BCUT2D eigenvalue weighted by molar-refractivity contribution is 0.0562. The summed E-state index contributed by atoms with van der Waals surface area (Å²) < 4.78 is 5.69. The fourth-order valence-corrected chi connectivity index (χ4v) is 4.05. The Kier molecular flexibility index (Phi) is 4.43. The average molecular weight is 385 g/mol. The van der Waals surface area contributed by atoms with Gasteiger partial charge >= 0.3 is 12.1 Å². The molecular formula is C24H19NO4. The van der Waals surface area contributed by atoms with Gasteiger partial charge in [-0.1, -0.05) is 72.8 Å². The van der Waals surface area contributed by atoms with E-state index in [-0.39, 0.29) is 5.56 Å². The number of fused-ring (bicyclic) bond motifs is 2. The van der Waals surface area contributed by atoms with E-state index in [0.717, 1.165) is 16.2 Å². The van der Waals surface area contributed by atoms with Gasteiger partial charge in [0, 0.05) is 11.1 Å². The molecule has 0 heterocycles. The van der Waals surface area contributed by atoms with E-state index >= 15 is 0 Å². The molecule has 0 saturated heterocycles. The monoisotopic (exact) mass is 385 g/mol. The number of hydrogen-bond acceptors (Lipinski definition) is 3. The maximum atomic E-state index is 12.1. The summed E-state index contributed by atoms with van der Waals surface area (Å²) >= 11 is 0. The van der Waals surface area contributed by atoms with Crippen molar-refractivity contribution >= 4 is 33.6 Å². The second kappa shape index (κ2) is 6.95. The van der Waals surface area contributed by atoms with Crippen LogP contribution in [0, 0.1) is 0 Å². The zero-order valence-corrected chi connectivity index (χ0v) is 15.8. The highest BCUT2D eigenvalue weighted by Gasteiger charge is 2.39. The van der Waals surface area contributed by atoms with E-state index in [9.17, 15) is 14.7 Å². The Labute approximate surface area is 167 Å². The second-order valence-corrected chi connectivity index (χ2v) is 7.00. The molecule has 4 aromatic rings. The van der Waals surface area contributed by atoms with Crippen LogP contribution in [0.25, 0.3) is 21.5 Å². The minimum absolute atomic E-state index is 0.0559. The minimum atomic E-state index is -1.42. The van der Waals surface area contributed by atoms with Gasteiger partial charge in [-0.3, -0.25) is 0 Å². The van der Waals surface area contributed by atoms with Crippen LogP contribution in [0.1, 0.15) is 28.4 Å². The number of carbonyl (C=O) groups excluding carboxylic acids is 1. The molecule has 0 spiro atoms. The number of carboxylic acids is 1. The lowest BCUT2D eigenvalue weighted by Crippen LogP contribution is -2.35. The maximum absolute atomic E-state index is 12.1. The van der Waals surface area contributed by atoms with E-state index < -0.39 is 17.7 Å². The molecule has 1 atom stereocenters. The van der Waals surface area contributed by atoms with Gasteiger partial charge < -0.3 is 15.6 Å². The van der Waals surface area contributed by atoms with E-state index in [1.54, 1.807) is 13.0 Å². The Morgan fingerprint density at radius 1 is 0.828 bits per heavy atom. The molecule has 0 aromatic heterocycles. The summed E-state index contributed by atoms with van der Waals surface area (Å²) in [4.78, 5) is 24.1. The summed E-state index contributed by atoms with van der Waals surface area (Å²) in [6, 6.07) is 24.0. The molecular weight excluding hydrogens is 366 g/mol. The third-order valence-electron chi connectivity index (χ3n) is 5.24. The molecule has 4 aromatic carbocycles. The molecule has 0 saturated carbocycles. The molecule has 0 fully saturated rings. The van der Waals surface area contributed by atoms with Crippen molar-refractivity contribution < 1.29 is 19.4 Å². The van der Waals surface area contributed by atoms with E-state index in [4.69, 9.17) is 10.5 Å². The Hall–Kier alpha value is -3.86. The molecule has 0 bridgehead atoms. The van der Waals surface area contributed by atoms with Crippen LogP contribution in [0.4, 0.5) is 4.79 Å². The van der Waals surface area contributed by atoms with Crippen molar-refractivity contribution in [2.45, 2.75) is 12.5 Å². The number of carbonyl (C=O) groups is 2. The van der Waals surface area contributed by atoms with Crippen LogP contribution < -0.4 is 5.73 Å². The van der Waals surface area contributed by atoms with Gasteiger partial charge in [0.05, 0.1) is 5.56 Å². The van der Waals surface area contributed by atoms with Crippen molar-refractivity contribution in [2.24, 2.45) is 5.73 Å². The number of benzene rings is 4. The molecule has 1 amide bonds. The average Bonchev–Trinajstić information content (AvgIpc) is 2.71. The number of ether oxygens (including phenoxy) is 1. The number of carboxylic acid groups (broad SMARTS) is 1. The molecule has 0 radical (unpaired) electrons. The first-order valence-electron chi connectivity index (χ1n) is 9.14. The van der Waals surface area contributed by atoms with Crippen LogP contribution in [0.5, 0.6) is 0 Å². The molecule has 5 nitrogen and oxygen atoms in total. The van der Waals surface area contributed by atoms with Crippen molar-refractivity contribution in [3.05, 3.63) is 95.6 Å². The zero-order valence-electron chi connectivity index (χ0n) is 15.8. The largest absolute Gasteiger partial charge is 0.478 e. The number of nitrogens with two attached hydrogens (primary N) is 1. The van der Waals surface area contributed by atoms with E-state index in [1.165, 1.54) is 6.07 Å². The number of primary amides is 1. The van der Waals surface area contributed by atoms with Crippen molar-refractivity contribution in [2.75, 3.05) is 0 Å². The highest BCUT2D eigenvalue weighted by molar-refractivity contribution is 6.00. The quantitative estimate of drug-likeness (QED) is 0.514. The fraction of sp³-hybridized carbons (Fsp3) is 0.0833. The molecule has 4 rings (SSSR count). The third kappa shape index (κ3) is 3.06. The second-order valence-electron chi connectivity index (χ2n) is 7.00. The molecule has 144 valence electrons. The molecule has 0 aliphatic rings. The van der Waals surface area contributed by atoms with Gasteiger partial charge in [-0.25, -0.2) is 9.59 Å². The van der Waals surface area contributed by atoms with Gasteiger partial charge in [0.2, 0.25) is 0 Å². The van der Waals surface area contributed by atoms with Crippen molar-refractivity contribution in [1.29, 1.82) is 0 Å². The lowest BCUT2D eigenvalue weighted by atomic mass is 9.80. The Balaban J connectivity index is 2.16. The first kappa shape index (κ1) is 18.5. The number of hydrogen-bond donors (Lipinski definition) is 2. The van der Waals surface area contributed by atoms with Crippen molar-refractivity contribution in [1.82, 2.24) is 0 Å².